The first-order chi connectivity index (χ1) is 11.0. The van der Waals surface area contributed by atoms with Crippen molar-refractivity contribution in [2.75, 3.05) is 6.54 Å². The van der Waals surface area contributed by atoms with Crippen molar-refractivity contribution in [2.45, 2.75) is 45.1 Å². The van der Waals surface area contributed by atoms with Gasteiger partial charge in [-0.3, -0.25) is 4.79 Å². The fourth-order valence-electron chi connectivity index (χ4n) is 2.61. The molecule has 0 aliphatic heterocycles. The second kappa shape index (κ2) is 8.50. The van der Waals surface area contributed by atoms with Crippen LogP contribution in [0, 0.1) is 5.92 Å². The van der Waals surface area contributed by atoms with Gasteiger partial charge in [-0.2, -0.15) is 0 Å². The lowest BCUT2D eigenvalue weighted by Gasteiger charge is -2.22. The number of ether oxygens (including phenoxy) is 1. The van der Waals surface area contributed by atoms with Crippen molar-refractivity contribution in [1.82, 2.24) is 10.3 Å². The van der Waals surface area contributed by atoms with Crippen LogP contribution in [0.15, 0.2) is 12.1 Å². The third-order valence-electron chi connectivity index (χ3n) is 3.95. The number of carbonyl (C=O) groups is 2. The van der Waals surface area contributed by atoms with Crippen LogP contribution in [-0.2, 0) is 9.53 Å². The Morgan fingerprint density at radius 2 is 2.00 bits per heavy atom. The standard InChI is InChI=1S/C16H20Cl2N2O3/c1-10(15(21)19-9-11-5-3-2-4-6-11)23-16(22)14-12(17)7-8-13(18)20-14/h7-8,10-11H,2-6,9H2,1H3,(H,19,21)/t10-/m1/s1. The van der Waals surface area contributed by atoms with Crippen molar-refractivity contribution in [3.05, 3.63) is 28.0 Å². The molecule has 1 aromatic rings. The molecule has 1 atom stereocenters. The molecule has 1 fully saturated rings. The first kappa shape index (κ1) is 18.0. The molecule has 5 nitrogen and oxygen atoms in total. The van der Waals surface area contributed by atoms with Crippen molar-refractivity contribution in [3.63, 3.8) is 0 Å². The van der Waals surface area contributed by atoms with E-state index in [9.17, 15) is 9.59 Å². The summed E-state index contributed by atoms with van der Waals surface area (Å²) in [4.78, 5) is 27.9. The Balaban J connectivity index is 1.84. The highest BCUT2D eigenvalue weighted by Crippen LogP contribution is 2.23. The van der Waals surface area contributed by atoms with Gasteiger partial charge >= 0.3 is 5.97 Å². The summed E-state index contributed by atoms with van der Waals surface area (Å²) < 4.78 is 5.12. The summed E-state index contributed by atoms with van der Waals surface area (Å²) in [6.07, 6.45) is 5.05. The maximum absolute atomic E-state index is 12.0. The van der Waals surface area contributed by atoms with Crippen LogP contribution in [0.4, 0.5) is 0 Å². The monoisotopic (exact) mass is 358 g/mol. The molecule has 1 aliphatic rings. The molecule has 0 radical (unpaired) electrons. The third kappa shape index (κ3) is 5.36. The molecule has 0 aromatic carbocycles. The van der Waals surface area contributed by atoms with Gasteiger partial charge in [0.25, 0.3) is 5.91 Å². The molecule has 0 unspecified atom stereocenters. The quantitative estimate of drug-likeness (QED) is 0.644. The van der Waals surface area contributed by atoms with Gasteiger partial charge in [0, 0.05) is 6.54 Å². The predicted molar refractivity (Wildman–Crippen MR) is 88.7 cm³/mol. The molecule has 126 valence electrons. The van der Waals surface area contributed by atoms with E-state index in [0.29, 0.717) is 12.5 Å². The topological polar surface area (TPSA) is 68.3 Å². The van der Waals surface area contributed by atoms with Gasteiger partial charge < -0.3 is 10.1 Å². The zero-order valence-corrected chi connectivity index (χ0v) is 14.5. The molecule has 23 heavy (non-hydrogen) atoms. The number of carbonyl (C=O) groups excluding carboxylic acids is 2. The van der Waals surface area contributed by atoms with Crippen LogP contribution in [-0.4, -0.2) is 29.5 Å². The number of aromatic nitrogens is 1. The Bertz CT molecular complexity index is 574. The Morgan fingerprint density at radius 3 is 2.70 bits per heavy atom. The summed E-state index contributed by atoms with van der Waals surface area (Å²) >= 11 is 11.6. The number of hydrogen-bond donors (Lipinski definition) is 1. The first-order valence-electron chi connectivity index (χ1n) is 7.78. The second-order valence-electron chi connectivity index (χ2n) is 5.76. The minimum absolute atomic E-state index is 0.0916. The fourth-order valence-corrected chi connectivity index (χ4v) is 2.94. The lowest BCUT2D eigenvalue weighted by Crippen LogP contribution is -2.38. The number of pyridine rings is 1. The number of esters is 1. The maximum Gasteiger partial charge on any atom is 0.359 e. The minimum atomic E-state index is -0.914. The van der Waals surface area contributed by atoms with Crippen LogP contribution in [0.25, 0.3) is 0 Å². The second-order valence-corrected chi connectivity index (χ2v) is 6.56. The van der Waals surface area contributed by atoms with Gasteiger partial charge in [0.15, 0.2) is 11.8 Å². The zero-order valence-electron chi connectivity index (χ0n) is 13.0. The lowest BCUT2D eigenvalue weighted by atomic mass is 9.89. The Kier molecular flexibility index (Phi) is 6.66. The van der Waals surface area contributed by atoms with Crippen molar-refractivity contribution in [1.29, 1.82) is 0 Å². The normalized spacial score (nSPS) is 16.7. The first-order valence-corrected chi connectivity index (χ1v) is 8.53. The molecular formula is C16H20Cl2N2O3. The summed E-state index contributed by atoms with van der Waals surface area (Å²) in [6.45, 7) is 2.14. The van der Waals surface area contributed by atoms with Gasteiger partial charge in [0.05, 0.1) is 5.02 Å². The molecule has 0 spiro atoms. The Hall–Kier alpha value is -1.33. The molecule has 1 amide bonds. The average molecular weight is 359 g/mol. The van der Waals surface area contributed by atoms with E-state index in [2.05, 4.69) is 10.3 Å². The zero-order chi connectivity index (χ0) is 16.8. The van der Waals surface area contributed by atoms with E-state index in [1.807, 2.05) is 0 Å². The van der Waals surface area contributed by atoms with Crippen molar-refractivity contribution >= 4 is 35.1 Å². The van der Waals surface area contributed by atoms with Crippen molar-refractivity contribution < 1.29 is 14.3 Å². The Labute approximate surface area is 145 Å². The van der Waals surface area contributed by atoms with Crippen molar-refractivity contribution in [3.8, 4) is 0 Å². The number of rotatable bonds is 5. The summed E-state index contributed by atoms with van der Waals surface area (Å²) in [7, 11) is 0. The van der Waals surface area contributed by atoms with Gasteiger partial charge in [-0.15, -0.1) is 0 Å². The molecule has 1 aromatic heterocycles. The summed E-state index contributed by atoms with van der Waals surface area (Å²) in [5.74, 6) is -0.570. The number of nitrogens with one attached hydrogen (secondary N) is 1. The SMILES string of the molecule is C[C@@H](OC(=O)c1nc(Cl)ccc1Cl)C(=O)NCC1CCCCC1. The number of hydrogen-bond acceptors (Lipinski definition) is 4. The van der Waals surface area contributed by atoms with Gasteiger partial charge in [0.1, 0.15) is 5.15 Å². The highest BCUT2D eigenvalue weighted by atomic mass is 35.5. The van der Waals surface area contributed by atoms with E-state index in [1.165, 1.54) is 38.3 Å². The van der Waals surface area contributed by atoms with Crippen LogP contribution in [0.2, 0.25) is 10.2 Å². The molecule has 1 N–H and O–H groups in total. The molecule has 1 saturated carbocycles. The summed E-state index contributed by atoms with van der Waals surface area (Å²) in [5, 5.41) is 3.11. The smallest absolute Gasteiger partial charge is 0.359 e. The highest BCUT2D eigenvalue weighted by Gasteiger charge is 2.23. The van der Waals surface area contributed by atoms with Gasteiger partial charge in [-0.05, 0) is 37.8 Å². The largest absolute Gasteiger partial charge is 0.448 e. The van der Waals surface area contributed by atoms with Crippen molar-refractivity contribution in [2.24, 2.45) is 5.92 Å². The van der Waals surface area contributed by atoms with E-state index >= 15 is 0 Å². The van der Waals surface area contributed by atoms with E-state index < -0.39 is 12.1 Å². The van der Waals surface area contributed by atoms with Crippen LogP contribution < -0.4 is 5.32 Å². The molecule has 2 rings (SSSR count). The maximum atomic E-state index is 12.0. The molecule has 1 aliphatic carbocycles. The number of halogens is 2. The predicted octanol–water partition coefficient (Wildman–Crippen LogP) is 3.63. The Morgan fingerprint density at radius 1 is 1.30 bits per heavy atom. The molecule has 0 bridgehead atoms. The van der Waals surface area contributed by atoms with E-state index in [1.54, 1.807) is 0 Å². The fraction of sp³-hybridized carbons (Fsp3) is 0.562. The van der Waals surface area contributed by atoms with E-state index in [4.69, 9.17) is 27.9 Å². The van der Waals surface area contributed by atoms with Crippen LogP contribution in [0.1, 0.15) is 49.5 Å². The summed E-state index contributed by atoms with van der Waals surface area (Å²) in [5.41, 5.74) is -0.0916. The van der Waals surface area contributed by atoms with E-state index in [0.717, 1.165) is 12.8 Å². The van der Waals surface area contributed by atoms with E-state index in [-0.39, 0.29) is 21.8 Å². The highest BCUT2D eigenvalue weighted by molar-refractivity contribution is 6.34. The van der Waals surface area contributed by atoms with Crippen LogP contribution in [0.5, 0.6) is 0 Å². The van der Waals surface area contributed by atoms with Gasteiger partial charge in [-0.1, -0.05) is 42.5 Å². The van der Waals surface area contributed by atoms with Crippen LogP contribution in [0.3, 0.4) is 0 Å². The number of nitrogens with zero attached hydrogens (tertiary/aromatic N) is 1. The van der Waals surface area contributed by atoms with Gasteiger partial charge in [-0.25, -0.2) is 9.78 Å². The molecular weight excluding hydrogens is 339 g/mol. The number of amides is 1. The molecule has 1 heterocycles. The third-order valence-corrected chi connectivity index (χ3v) is 4.46. The molecule has 7 heteroatoms. The van der Waals surface area contributed by atoms with Gasteiger partial charge in [0.2, 0.25) is 0 Å². The average Bonchev–Trinajstić information content (AvgIpc) is 2.55. The minimum Gasteiger partial charge on any atom is -0.448 e. The van der Waals surface area contributed by atoms with Crippen LogP contribution >= 0.6 is 23.2 Å². The summed E-state index contributed by atoms with van der Waals surface area (Å²) in [6, 6.07) is 2.93. The molecule has 0 saturated heterocycles. The lowest BCUT2D eigenvalue weighted by molar-refractivity contribution is -0.129.